The van der Waals surface area contributed by atoms with Gasteiger partial charge in [-0.3, -0.25) is 9.10 Å². The smallest absolute Gasteiger partial charge is 0.264 e. The summed E-state index contributed by atoms with van der Waals surface area (Å²) in [6.07, 6.45) is 0. The van der Waals surface area contributed by atoms with Gasteiger partial charge < -0.3 is 24.0 Å². The number of halogens is 1. The molecule has 0 aliphatic carbocycles. The molecule has 0 unspecified atom stereocenters. The molecule has 0 saturated carbocycles. The van der Waals surface area contributed by atoms with Crippen LogP contribution in [0.5, 0.6) is 17.2 Å². The highest BCUT2D eigenvalue weighted by Gasteiger charge is 2.31. The van der Waals surface area contributed by atoms with Crippen LogP contribution in [-0.2, 0) is 14.8 Å². The van der Waals surface area contributed by atoms with E-state index >= 15 is 0 Å². The summed E-state index contributed by atoms with van der Waals surface area (Å²) in [5, 5.41) is 0. The molecule has 1 saturated heterocycles. The van der Waals surface area contributed by atoms with Crippen LogP contribution in [0.3, 0.4) is 0 Å². The lowest BCUT2D eigenvalue weighted by molar-refractivity contribution is -0.129. The first-order valence-electron chi connectivity index (χ1n) is 11.9. The van der Waals surface area contributed by atoms with Gasteiger partial charge >= 0.3 is 0 Å². The second kappa shape index (κ2) is 11.6. The monoisotopic (exact) mass is 543 g/mol. The highest BCUT2D eigenvalue weighted by molar-refractivity contribution is 7.92. The summed E-state index contributed by atoms with van der Waals surface area (Å²) in [4.78, 5) is 17.1. The van der Waals surface area contributed by atoms with Crippen LogP contribution in [0.25, 0.3) is 0 Å². The Hall–Kier alpha value is -3.99. The van der Waals surface area contributed by atoms with Crippen molar-refractivity contribution in [2.45, 2.75) is 4.90 Å². The number of piperazine rings is 1. The molecule has 1 fully saturated rings. The van der Waals surface area contributed by atoms with Crippen molar-refractivity contribution < 1.29 is 31.8 Å². The summed E-state index contributed by atoms with van der Waals surface area (Å²) >= 11 is 0. The third kappa shape index (κ3) is 5.77. The Kier molecular flexibility index (Phi) is 8.26. The molecule has 202 valence electrons. The van der Waals surface area contributed by atoms with Crippen molar-refractivity contribution in [3.8, 4) is 17.2 Å². The summed E-state index contributed by atoms with van der Waals surface area (Å²) in [5.41, 5.74) is 1.19. The number of hydrogen-bond donors (Lipinski definition) is 0. The molecule has 4 rings (SSSR count). The molecule has 3 aromatic carbocycles. The number of methoxy groups -OCH3 is 3. The summed E-state index contributed by atoms with van der Waals surface area (Å²) in [5.74, 6) is 0.490. The Morgan fingerprint density at radius 3 is 2.05 bits per heavy atom. The Bertz CT molecular complexity index is 1360. The first-order valence-corrected chi connectivity index (χ1v) is 13.4. The minimum atomic E-state index is -4.21. The number of benzene rings is 3. The van der Waals surface area contributed by atoms with Gasteiger partial charge in [-0.15, -0.1) is 0 Å². The molecule has 0 N–H and O–H groups in total. The minimum Gasteiger partial charge on any atom is -0.497 e. The molecule has 38 heavy (non-hydrogen) atoms. The van der Waals surface area contributed by atoms with E-state index < -0.39 is 22.4 Å². The number of amides is 1. The second-order valence-electron chi connectivity index (χ2n) is 8.57. The lowest BCUT2D eigenvalue weighted by Gasteiger charge is -2.37. The number of anilines is 2. The molecule has 9 nitrogen and oxygen atoms in total. The van der Waals surface area contributed by atoms with E-state index in [1.165, 1.54) is 44.6 Å². The molecule has 1 heterocycles. The van der Waals surface area contributed by atoms with Crippen LogP contribution in [0.1, 0.15) is 0 Å². The van der Waals surface area contributed by atoms with Crippen molar-refractivity contribution in [2.75, 3.05) is 63.3 Å². The van der Waals surface area contributed by atoms with E-state index in [0.717, 1.165) is 27.9 Å². The zero-order chi connectivity index (χ0) is 27.3. The molecule has 1 amide bonds. The summed E-state index contributed by atoms with van der Waals surface area (Å²) in [6, 6.07) is 16.9. The molecule has 0 bridgehead atoms. The molecular formula is C27H30FN3O6S. The highest BCUT2D eigenvalue weighted by atomic mass is 32.2. The number of rotatable bonds is 9. The van der Waals surface area contributed by atoms with E-state index in [1.807, 2.05) is 24.3 Å². The van der Waals surface area contributed by atoms with Gasteiger partial charge in [0.25, 0.3) is 10.0 Å². The fourth-order valence-electron chi connectivity index (χ4n) is 4.26. The van der Waals surface area contributed by atoms with Crippen molar-refractivity contribution in [1.82, 2.24) is 4.90 Å². The number of sulfonamides is 1. The van der Waals surface area contributed by atoms with Gasteiger partial charge in [0.2, 0.25) is 5.91 Å². The SMILES string of the molecule is COc1ccc(N2CCN(C(=O)CN(c3ccc(F)cc3)S(=O)(=O)c3ccc(OC)c(OC)c3)CC2)cc1. The molecule has 1 aliphatic rings. The topological polar surface area (TPSA) is 88.6 Å². The van der Waals surface area contributed by atoms with E-state index in [-0.39, 0.29) is 22.2 Å². The molecule has 0 spiro atoms. The van der Waals surface area contributed by atoms with E-state index in [9.17, 15) is 17.6 Å². The van der Waals surface area contributed by atoms with Gasteiger partial charge in [0, 0.05) is 37.9 Å². The van der Waals surface area contributed by atoms with Crippen molar-refractivity contribution in [3.05, 3.63) is 72.5 Å². The molecule has 3 aromatic rings. The fourth-order valence-corrected chi connectivity index (χ4v) is 5.69. The van der Waals surface area contributed by atoms with Crippen LogP contribution in [0.4, 0.5) is 15.8 Å². The molecule has 11 heteroatoms. The normalized spacial score (nSPS) is 13.7. The summed E-state index contributed by atoms with van der Waals surface area (Å²) < 4.78 is 57.8. The number of carbonyl (C=O) groups excluding carboxylic acids is 1. The maximum atomic E-state index is 13.7. The van der Waals surface area contributed by atoms with Gasteiger partial charge in [0.1, 0.15) is 18.1 Å². The Morgan fingerprint density at radius 2 is 1.47 bits per heavy atom. The van der Waals surface area contributed by atoms with Crippen LogP contribution in [0, 0.1) is 5.82 Å². The van der Waals surface area contributed by atoms with Gasteiger partial charge in [-0.1, -0.05) is 0 Å². The molecular weight excluding hydrogens is 513 g/mol. The number of hydrogen-bond acceptors (Lipinski definition) is 7. The lowest BCUT2D eigenvalue weighted by Crippen LogP contribution is -2.52. The van der Waals surface area contributed by atoms with Crippen LogP contribution in [-0.4, -0.2) is 73.3 Å². The average Bonchev–Trinajstić information content (AvgIpc) is 2.96. The van der Waals surface area contributed by atoms with Crippen LogP contribution >= 0.6 is 0 Å². The van der Waals surface area contributed by atoms with Crippen molar-refractivity contribution in [1.29, 1.82) is 0 Å². The average molecular weight is 544 g/mol. The van der Waals surface area contributed by atoms with E-state index in [2.05, 4.69) is 4.90 Å². The fraction of sp³-hybridized carbons (Fsp3) is 0.296. The van der Waals surface area contributed by atoms with Crippen molar-refractivity contribution >= 4 is 27.3 Å². The number of carbonyl (C=O) groups is 1. The van der Waals surface area contributed by atoms with E-state index in [1.54, 1.807) is 12.0 Å². The quantitative estimate of drug-likeness (QED) is 0.409. The Balaban J connectivity index is 1.54. The first kappa shape index (κ1) is 27.1. The Labute approximate surface area is 222 Å². The van der Waals surface area contributed by atoms with Crippen molar-refractivity contribution in [2.24, 2.45) is 0 Å². The summed E-state index contributed by atoms with van der Waals surface area (Å²) in [7, 11) is 0.250. The zero-order valence-corrected chi connectivity index (χ0v) is 22.3. The maximum Gasteiger partial charge on any atom is 0.264 e. The standard InChI is InChI=1S/C27H30FN3O6S/c1-35-23-10-8-21(9-11-23)29-14-16-30(17-15-29)27(32)19-31(22-6-4-20(28)5-7-22)38(33,34)24-12-13-25(36-2)26(18-24)37-3/h4-13,18H,14-17,19H2,1-3H3. The third-order valence-corrected chi connectivity index (χ3v) is 8.18. The molecule has 0 aromatic heterocycles. The van der Waals surface area contributed by atoms with Gasteiger partial charge in [-0.2, -0.15) is 0 Å². The number of nitrogens with zero attached hydrogens (tertiary/aromatic N) is 3. The van der Waals surface area contributed by atoms with E-state index in [4.69, 9.17) is 14.2 Å². The predicted molar refractivity (Wildman–Crippen MR) is 142 cm³/mol. The largest absolute Gasteiger partial charge is 0.497 e. The minimum absolute atomic E-state index is 0.0865. The van der Waals surface area contributed by atoms with Crippen molar-refractivity contribution in [3.63, 3.8) is 0 Å². The van der Waals surface area contributed by atoms with Crippen LogP contribution in [0.15, 0.2) is 71.6 Å². The second-order valence-corrected chi connectivity index (χ2v) is 10.4. The highest BCUT2D eigenvalue weighted by Crippen LogP contribution is 2.32. The summed E-state index contributed by atoms with van der Waals surface area (Å²) in [6.45, 7) is 1.61. The van der Waals surface area contributed by atoms with Gasteiger partial charge in [-0.05, 0) is 60.7 Å². The van der Waals surface area contributed by atoms with Gasteiger partial charge in [-0.25, -0.2) is 12.8 Å². The van der Waals surface area contributed by atoms with E-state index in [0.29, 0.717) is 31.9 Å². The molecule has 0 atom stereocenters. The zero-order valence-electron chi connectivity index (χ0n) is 21.5. The van der Waals surface area contributed by atoms with Crippen LogP contribution < -0.4 is 23.4 Å². The molecule has 0 radical (unpaired) electrons. The first-order chi connectivity index (χ1) is 18.3. The molecule has 1 aliphatic heterocycles. The van der Waals surface area contributed by atoms with Crippen LogP contribution in [0.2, 0.25) is 0 Å². The van der Waals surface area contributed by atoms with Gasteiger partial charge in [0.05, 0.1) is 31.9 Å². The predicted octanol–water partition coefficient (Wildman–Crippen LogP) is 3.40. The Morgan fingerprint density at radius 1 is 0.842 bits per heavy atom. The maximum absolute atomic E-state index is 13.7. The lowest BCUT2D eigenvalue weighted by atomic mass is 10.2. The van der Waals surface area contributed by atoms with Gasteiger partial charge in [0.15, 0.2) is 11.5 Å². The third-order valence-electron chi connectivity index (χ3n) is 6.41. The number of ether oxygens (including phenoxy) is 3.